The largest absolute Gasteiger partial charge is 0.305 e. The molecule has 0 fully saturated rings. The molecule has 3 rings (SSSR count). The van der Waals surface area contributed by atoms with Gasteiger partial charge in [0.1, 0.15) is 0 Å². The van der Waals surface area contributed by atoms with Crippen molar-refractivity contribution in [1.29, 1.82) is 0 Å². The van der Waals surface area contributed by atoms with Crippen LogP contribution in [0.25, 0.3) is 10.8 Å². The number of imide groups is 1. The van der Waals surface area contributed by atoms with Crippen LogP contribution in [0.1, 0.15) is 55.5 Å². The lowest BCUT2D eigenvalue weighted by molar-refractivity contribution is -0.125. The molecule has 1 N–H and O–H groups in total. The molecule has 1 aliphatic rings. The molecule has 1 aliphatic heterocycles. The van der Waals surface area contributed by atoms with Crippen molar-refractivity contribution in [2.24, 2.45) is 0 Å². The van der Waals surface area contributed by atoms with Gasteiger partial charge < -0.3 is 4.90 Å². The van der Waals surface area contributed by atoms with Crippen molar-refractivity contribution >= 4 is 34.7 Å². The molecule has 3 amide bonds. The van der Waals surface area contributed by atoms with Gasteiger partial charge in [0.25, 0.3) is 5.91 Å². The van der Waals surface area contributed by atoms with Gasteiger partial charge in [0.05, 0.1) is 5.69 Å². The summed E-state index contributed by atoms with van der Waals surface area (Å²) in [5, 5.41) is 4.26. The molecule has 25 heavy (non-hydrogen) atoms. The van der Waals surface area contributed by atoms with Gasteiger partial charge in [-0.25, -0.2) is 0 Å². The highest BCUT2D eigenvalue weighted by atomic mass is 16.2. The molecule has 2 aromatic carbocycles. The van der Waals surface area contributed by atoms with Gasteiger partial charge in [0.15, 0.2) is 0 Å². The van der Waals surface area contributed by atoms with Gasteiger partial charge >= 0.3 is 0 Å². The quantitative estimate of drug-likeness (QED) is 0.821. The Bertz CT molecular complexity index is 857. The Morgan fingerprint density at radius 3 is 2.64 bits per heavy atom. The summed E-state index contributed by atoms with van der Waals surface area (Å²) in [7, 11) is 0. The molecule has 0 radical (unpaired) electrons. The van der Waals surface area contributed by atoms with Crippen LogP contribution in [0.15, 0.2) is 30.3 Å². The summed E-state index contributed by atoms with van der Waals surface area (Å²) in [5.74, 6) is 0.0222. The number of benzene rings is 2. The molecule has 5 nitrogen and oxygen atoms in total. The van der Waals surface area contributed by atoms with Crippen molar-refractivity contribution in [3.8, 4) is 0 Å². The van der Waals surface area contributed by atoms with E-state index in [1.165, 1.54) is 5.56 Å². The van der Waals surface area contributed by atoms with Crippen LogP contribution in [0.3, 0.4) is 0 Å². The first-order chi connectivity index (χ1) is 12.0. The van der Waals surface area contributed by atoms with Crippen LogP contribution in [0, 0.1) is 0 Å². The van der Waals surface area contributed by atoms with E-state index in [4.69, 9.17) is 0 Å². The van der Waals surface area contributed by atoms with Gasteiger partial charge in [-0.2, -0.15) is 0 Å². The molecule has 0 saturated carbocycles. The van der Waals surface area contributed by atoms with E-state index in [0.29, 0.717) is 18.7 Å². The maximum absolute atomic E-state index is 12.9. The molecular formula is C20H22N2O3. The van der Waals surface area contributed by atoms with E-state index in [0.717, 1.165) is 22.0 Å². The summed E-state index contributed by atoms with van der Waals surface area (Å²) in [6.07, 6.45) is 1.08. The predicted octanol–water partition coefficient (Wildman–Crippen LogP) is 3.36. The van der Waals surface area contributed by atoms with Crippen LogP contribution < -0.4 is 10.2 Å². The standard InChI is InChI=1S/C20H22N2O3/c1-12(2)14-8-9-17-19-15(14)5-4-6-16(19)20(25)22(17)13(3)7-10-18(24)21-11-23/h4-6,8-9,11-13H,7,10H2,1-3H3,(H,21,23,24). The van der Waals surface area contributed by atoms with Crippen LogP contribution in [-0.4, -0.2) is 24.3 Å². The van der Waals surface area contributed by atoms with Gasteiger partial charge in [-0.1, -0.05) is 32.0 Å². The summed E-state index contributed by atoms with van der Waals surface area (Å²) < 4.78 is 0. The topological polar surface area (TPSA) is 66.5 Å². The van der Waals surface area contributed by atoms with Gasteiger partial charge in [0, 0.05) is 23.4 Å². The van der Waals surface area contributed by atoms with Crippen molar-refractivity contribution in [2.75, 3.05) is 4.90 Å². The third-order valence-electron chi connectivity index (χ3n) is 4.83. The zero-order valence-electron chi connectivity index (χ0n) is 14.7. The van der Waals surface area contributed by atoms with E-state index in [2.05, 4.69) is 31.3 Å². The SMILES string of the molecule is CC(C)c1ccc2c3c(cccc13)C(=O)N2C(C)CCC(=O)NC=O. The lowest BCUT2D eigenvalue weighted by Gasteiger charge is -2.25. The smallest absolute Gasteiger partial charge is 0.259 e. The van der Waals surface area contributed by atoms with E-state index < -0.39 is 0 Å². The van der Waals surface area contributed by atoms with E-state index in [1.54, 1.807) is 4.90 Å². The Balaban J connectivity index is 1.96. The van der Waals surface area contributed by atoms with Crippen LogP contribution in [0.2, 0.25) is 0 Å². The molecule has 2 aromatic rings. The van der Waals surface area contributed by atoms with Crippen LogP contribution in [0.5, 0.6) is 0 Å². The van der Waals surface area contributed by atoms with E-state index >= 15 is 0 Å². The molecular weight excluding hydrogens is 316 g/mol. The number of nitrogens with one attached hydrogen (secondary N) is 1. The first-order valence-electron chi connectivity index (χ1n) is 8.58. The monoisotopic (exact) mass is 338 g/mol. The second-order valence-corrected chi connectivity index (χ2v) is 6.80. The third kappa shape index (κ3) is 2.90. The number of anilines is 1. The minimum Gasteiger partial charge on any atom is -0.305 e. The predicted molar refractivity (Wildman–Crippen MR) is 97.7 cm³/mol. The Labute approximate surface area is 147 Å². The number of nitrogens with zero attached hydrogens (tertiary/aromatic N) is 1. The highest BCUT2D eigenvalue weighted by Crippen LogP contribution is 2.41. The molecule has 1 unspecified atom stereocenters. The second kappa shape index (κ2) is 6.67. The lowest BCUT2D eigenvalue weighted by Crippen LogP contribution is -2.36. The minimum absolute atomic E-state index is 0.0233. The minimum atomic E-state index is -0.327. The summed E-state index contributed by atoms with van der Waals surface area (Å²) in [6, 6.07) is 9.82. The number of carbonyl (C=O) groups is 3. The molecule has 0 bridgehead atoms. The number of hydrogen-bond acceptors (Lipinski definition) is 3. The maximum atomic E-state index is 12.9. The fourth-order valence-electron chi connectivity index (χ4n) is 3.58. The van der Waals surface area contributed by atoms with Crippen molar-refractivity contribution in [3.05, 3.63) is 41.5 Å². The zero-order chi connectivity index (χ0) is 18.1. The van der Waals surface area contributed by atoms with Crippen molar-refractivity contribution in [1.82, 2.24) is 5.32 Å². The molecule has 0 spiro atoms. The molecule has 0 aliphatic carbocycles. The van der Waals surface area contributed by atoms with E-state index in [-0.39, 0.29) is 24.3 Å². The molecule has 0 aromatic heterocycles. The Morgan fingerprint density at radius 2 is 1.96 bits per heavy atom. The second-order valence-electron chi connectivity index (χ2n) is 6.80. The van der Waals surface area contributed by atoms with Gasteiger partial charge in [0.2, 0.25) is 12.3 Å². The summed E-state index contributed by atoms with van der Waals surface area (Å²) >= 11 is 0. The first kappa shape index (κ1) is 17.1. The van der Waals surface area contributed by atoms with E-state index in [1.807, 2.05) is 25.1 Å². The Morgan fingerprint density at radius 1 is 1.20 bits per heavy atom. The Kier molecular flexibility index (Phi) is 4.57. The molecule has 1 heterocycles. The third-order valence-corrected chi connectivity index (χ3v) is 4.83. The average molecular weight is 338 g/mol. The molecule has 130 valence electrons. The molecule has 5 heteroatoms. The lowest BCUT2D eigenvalue weighted by atomic mass is 9.94. The fourth-order valence-corrected chi connectivity index (χ4v) is 3.58. The molecule has 1 atom stereocenters. The number of carbonyl (C=O) groups excluding carboxylic acids is 3. The number of amides is 3. The molecule has 0 saturated heterocycles. The summed E-state index contributed by atoms with van der Waals surface area (Å²) in [4.78, 5) is 36.6. The van der Waals surface area contributed by atoms with Crippen LogP contribution in [-0.2, 0) is 9.59 Å². The first-order valence-corrected chi connectivity index (χ1v) is 8.58. The van der Waals surface area contributed by atoms with Gasteiger partial charge in [-0.3, -0.25) is 19.7 Å². The highest BCUT2D eigenvalue weighted by Gasteiger charge is 2.33. The van der Waals surface area contributed by atoms with Crippen LogP contribution in [0.4, 0.5) is 5.69 Å². The number of rotatable bonds is 6. The fraction of sp³-hybridized carbons (Fsp3) is 0.350. The van der Waals surface area contributed by atoms with E-state index in [9.17, 15) is 14.4 Å². The van der Waals surface area contributed by atoms with Crippen LogP contribution >= 0.6 is 0 Å². The highest BCUT2D eigenvalue weighted by molar-refractivity contribution is 6.25. The normalized spacial score (nSPS) is 14.2. The van der Waals surface area contributed by atoms with Gasteiger partial charge in [-0.05, 0) is 42.3 Å². The van der Waals surface area contributed by atoms with Crippen molar-refractivity contribution < 1.29 is 14.4 Å². The summed E-state index contributed by atoms with van der Waals surface area (Å²) in [6.45, 7) is 6.22. The number of hydrogen-bond donors (Lipinski definition) is 1. The van der Waals surface area contributed by atoms with Crippen molar-refractivity contribution in [3.63, 3.8) is 0 Å². The maximum Gasteiger partial charge on any atom is 0.259 e. The summed E-state index contributed by atoms with van der Waals surface area (Å²) in [5.41, 5.74) is 2.86. The Hall–Kier alpha value is -2.69. The average Bonchev–Trinajstić information content (AvgIpc) is 2.87. The zero-order valence-corrected chi connectivity index (χ0v) is 14.7. The van der Waals surface area contributed by atoms with Gasteiger partial charge in [-0.15, -0.1) is 0 Å². The van der Waals surface area contributed by atoms with Crippen molar-refractivity contribution in [2.45, 2.75) is 45.6 Å².